The number of aryl methyl sites for hydroxylation is 3. The van der Waals surface area contributed by atoms with E-state index in [1.807, 2.05) is 39.0 Å². The van der Waals surface area contributed by atoms with Gasteiger partial charge in [0.15, 0.2) is 17.4 Å². The number of nitrogens with one attached hydrogen (secondary N) is 1. The standard InChI is InChI=1S/C21H22N4O3S/c1-12-6-7-16(10-13(12)2)14(3)24-17(26)11-28-21(27)18-15(4)25-20(29-18)19-22-8-5-9-23-19/h5-10,14H,11H2,1-4H3,(H,24,26). The Bertz CT molecular complexity index is 1030. The van der Waals surface area contributed by atoms with Gasteiger partial charge in [0.25, 0.3) is 5.91 Å². The summed E-state index contributed by atoms with van der Waals surface area (Å²) in [6.45, 7) is 7.31. The Morgan fingerprint density at radius 1 is 1.14 bits per heavy atom. The lowest BCUT2D eigenvalue weighted by Crippen LogP contribution is -2.31. The van der Waals surface area contributed by atoms with Gasteiger partial charge in [0.2, 0.25) is 0 Å². The fourth-order valence-corrected chi connectivity index (χ4v) is 3.60. The van der Waals surface area contributed by atoms with Crippen LogP contribution in [0, 0.1) is 20.8 Å². The van der Waals surface area contributed by atoms with Crippen LogP contribution in [0.1, 0.15) is 45.0 Å². The summed E-state index contributed by atoms with van der Waals surface area (Å²) in [5.41, 5.74) is 3.88. The minimum absolute atomic E-state index is 0.188. The largest absolute Gasteiger partial charge is 0.451 e. The zero-order chi connectivity index (χ0) is 21.0. The van der Waals surface area contributed by atoms with Crippen molar-refractivity contribution in [3.8, 4) is 10.8 Å². The Morgan fingerprint density at radius 2 is 1.86 bits per heavy atom. The molecule has 2 aromatic heterocycles. The van der Waals surface area contributed by atoms with Crippen molar-refractivity contribution >= 4 is 23.2 Å². The predicted octanol–water partition coefficient (Wildman–Crippen LogP) is 3.56. The molecule has 1 unspecified atom stereocenters. The Kier molecular flexibility index (Phi) is 6.33. The molecular weight excluding hydrogens is 388 g/mol. The highest BCUT2D eigenvalue weighted by molar-refractivity contribution is 7.16. The van der Waals surface area contributed by atoms with E-state index in [0.29, 0.717) is 21.4 Å². The molecule has 1 atom stereocenters. The molecule has 3 rings (SSSR count). The smallest absolute Gasteiger partial charge is 0.350 e. The van der Waals surface area contributed by atoms with Gasteiger partial charge in [-0.3, -0.25) is 4.79 Å². The van der Waals surface area contributed by atoms with Gasteiger partial charge in [-0.25, -0.2) is 19.7 Å². The van der Waals surface area contributed by atoms with Crippen LogP contribution in [-0.4, -0.2) is 33.4 Å². The number of hydrogen-bond donors (Lipinski definition) is 1. The lowest BCUT2D eigenvalue weighted by Gasteiger charge is -2.15. The van der Waals surface area contributed by atoms with Crippen LogP contribution < -0.4 is 5.32 Å². The summed E-state index contributed by atoms with van der Waals surface area (Å²) in [5.74, 6) is -0.506. The molecule has 3 aromatic rings. The average Bonchev–Trinajstić information content (AvgIpc) is 3.10. The van der Waals surface area contributed by atoms with Crippen LogP contribution in [0.25, 0.3) is 10.8 Å². The Labute approximate surface area is 173 Å². The molecule has 0 fully saturated rings. The lowest BCUT2D eigenvalue weighted by molar-refractivity contribution is -0.124. The molecule has 0 spiro atoms. The van der Waals surface area contributed by atoms with Crippen molar-refractivity contribution in [3.05, 3.63) is 63.9 Å². The lowest BCUT2D eigenvalue weighted by atomic mass is 10.0. The number of carbonyl (C=O) groups is 2. The van der Waals surface area contributed by atoms with Gasteiger partial charge in [-0.15, -0.1) is 11.3 Å². The first kappa shape index (κ1) is 20.6. The van der Waals surface area contributed by atoms with Gasteiger partial charge in [-0.05, 0) is 50.5 Å². The summed E-state index contributed by atoms with van der Waals surface area (Å²) < 4.78 is 5.18. The van der Waals surface area contributed by atoms with E-state index in [-0.39, 0.29) is 18.6 Å². The number of benzene rings is 1. The van der Waals surface area contributed by atoms with Gasteiger partial charge in [0.05, 0.1) is 11.7 Å². The molecule has 2 heterocycles. The maximum atomic E-state index is 12.4. The summed E-state index contributed by atoms with van der Waals surface area (Å²) >= 11 is 1.14. The quantitative estimate of drug-likeness (QED) is 0.625. The van der Waals surface area contributed by atoms with Crippen molar-refractivity contribution in [2.24, 2.45) is 0 Å². The molecule has 0 aliphatic rings. The van der Waals surface area contributed by atoms with Gasteiger partial charge in [-0.1, -0.05) is 18.2 Å². The van der Waals surface area contributed by atoms with Crippen molar-refractivity contribution in [3.63, 3.8) is 0 Å². The van der Waals surface area contributed by atoms with Crippen LogP contribution in [0.4, 0.5) is 0 Å². The van der Waals surface area contributed by atoms with Crippen molar-refractivity contribution in [1.82, 2.24) is 20.3 Å². The molecule has 0 bridgehead atoms. The minimum Gasteiger partial charge on any atom is -0.451 e. The van der Waals surface area contributed by atoms with Crippen molar-refractivity contribution < 1.29 is 14.3 Å². The van der Waals surface area contributed by atoms with E-state index in [1.54, 1.807) is 25.4 Å². The van der Waals surface area contributed by atoms with E-state index in [9.17, 15) is 9.59 Å². The fourth-order valence-electron chi connectivity index (χ4n) is 2.69. The number of hydrogen-bond acceptors (Lipinski definition) is 7. The summed E-state index contributed by atoms with van der Waals surface area (Å²) in [6.07, 6.45) is 3.22. The number of carbonyl (C=O) groups excluding carboxylic acids is 2. The molecular formula is C21H22N4O3S. The molecule has 0 saturated heterocycles. The summed E-state index contributed by atoms with van der Waals surface area (Å²) in [7, 11) is 0. The van der Waals surface area contributed by atoms with Gasteiger partial charge < -0.3 is 10.1 Å². The van der Waals surface area contributed by atoms with Gasteiger partial charge in [0.1, 0.15) is 4.88 Å². The van der Waals surface area contributed by atoms with E-state index in [1.165, 1.54) is 5.56 Å². The first-order chi connectivity index (χ1) is 13.8. The molecule has 0 aliphatic carbocycles. The second-order valence-electron chi connectivity index (χ2n) is 6.71. The van der Waals surface area contributed by atoms with E-state index in [0.717, 1.165) is 22.5 Å². The molecule has 1 aromatic carbocycles. The van der Waals surface area contributed by atoms with Crippen molar-refractivity contribution in [2.45, 2.75) is 33.7 Å². The van der Waals surface area contributed by atoms with Crippen LogP contribution in [-0.2, 0) is 9.53 Å². The van der Waals surface area contributed by atoms with E-state index < -0.39 is 5.97 Å². The molecule has 1 amide bonds. The molecule has 29 heavy (non-hydrogen) atoms. The first-order valence-electron chi connectivity index (χ1n) is 9.13. The molecule has 0 saturated carbocycles. The highest BCUT2D eigenvalue weighted by atomic mass is 32.1. The van der Waals surface area contributed by atoms with E-state index in [2.05, 4.69) is 20.3 Å². The molecule has 7 nitrogen and oxygen atoms in total. The highest BCUT2D eigenvalue weighted by Crippen LogP contribution is 2.25. The number of thiazole rings is 1. The Morgan fingerprint density at radius 3 is 2.55 bits per heavy atom. The fraction of sp³-hybridized carbons (Fsp3) is 0.286. The van der Waals surface area contributed by atoms with Crippen LogP contribution in [0.15, 0.2) is 36.7 Å². The first-order valence-corrected chi connectivity index (χ1v) is 9.95. The van der Waals surface area contributed by atoms with E-state index >= 15 is 0 Å². The third kappa shape index (κ3) is 5.03. The van der Waals surface area contributed by atoms with Crippen LogP contribution >= 0.6 is 11.3 Å². The van der Waals surface area contributed by atoms with Crippen LogP contribution in [0.2, 0.25) is 0 Å². The van der Waals surface area contributed by atoms with E-state index in [4.69, 9.17) is 4.74 Å². The monoisotopic (exact) mass is 410 g/mol. The van der Waals surface area contributed by atoms with Crippen molar-refractivity contribution in [2.75, 3.05) is 6.61 Å². The maximum absolute atomic E-state index is 12.4. The normalized spacial score (nSPS) is 11.7. The third-order valence-electron chi connectivity index (χ3n) is 4.48. The second-order valence-corrected chi connectivity index (χ2v) is 7.71. The Balaban J connectivity index is 1.58. The number of amides is 1. The summed E-state index contributed by atoms with van der Waals surface area (Å²) in [5, 5.41) is 3.38. The van der Waals surface area contributed by atoms with Gasteiger partial charge in [0, 0.05) is 12.4 Å². The topological polar surface area (TPSA) is 94.1 Å². The maximum Gasteiger partial charge on any atom is 0.350 e. The molecule has 1 N–H and O–H groups in total. The van der Waals surface area contributed by atoms with Crippen molar-refractivity contribution in [1.29, 1.82) is 0 Å². The number of rotatable bonds is 6. The second kappa shape index (κ2) is 8.91. The van der Waals surface area contributed by atoms with Gasteiger partial charge in [-0.2, -0.15) is 0 Å². The third-order valence-corrected chi connectivity index (χ3v) is 5.62. The zero-order valence-electron chi connectivity index (χ0n) is 16.7. The van der Waals surface area contributed by atoms with Gasteiger partial charge >= 0.3 is 5.97 Å². The minimum atomic E-state index is -0.587. The summed E-state index contributed by atoms with van der Waals surface area (Å²) in [6, 6.07) is 7.56. The molecule has 8 heteroatoms. The molecule has 0 radical (unpaired) electrons. The van der Waals surface area contributed by atoms with Crippen LogP contribution in [0.5, 0.6) is 0 Å². The SMILES string of the molecule is Cc1ccc(C(C)NC(=O)COC(=O)c2sc(-c3ncccn3)nc2C)cc1C. The number of aromatic nitrogens is 3. The zero-order valence-corrected chi connectivity index (χ0v) is 17.5. The number of esters is 1. The number of ether oxygens (including phenoxy) is 1. The predicted molar refractivity (Wildman–Crippen MR) is 111 cm³/mol. The Hall–Kier alpha value is -3.13. The average molecular weight is 410 g/mol. The van der Waals surface area contributed by atoms with Crippen LogP contribution in [0.3, 0.4) is 0 Å². The molecule has 0 aliphatic heterocycles. The molecule has 150 valence electrons. The highest BCUT2D eigenvalue weighted by Gasteiger charge is 2.20. The summed E-state index contributed by atoms with van der Waals surface area (Å²) in [4.78, 5) is 37.5. The number of nitrogens with zero attached hydrogens (tertiary/aromatic N) is 3.